The van der Waals surface area contributed by atoms with Gasteiger partial charge in [-0.25, -0.2) is 4.85 Å². The maximum atomic E-state index is 12.5. The van der Waals surface area contributed by atoms with E-state index in [1.165, 1.54) is 22.7 Å². The second kappa shape index (κ2) is 5.84. The van der Waals surface area contributed by atoms with Crippen LogP contribution in [-0.2, 0) is 10.2 Å². The largest absolute Gasteiger partial charge is 0.486 e. The van der Waals surface area contributed by atoms with Crippen LogP contribution in [0.3, 0.4) is 0 Å². The molecule has 1 fully saturated rings. The molecular formula is C16H19N3O4S. The molecular weight excluding hydrogens is 330 g/mol. The molecule has 2 aliphatic heterocycles. The highest BCUT2D eigenvalue weighted by Crippen LogP contribution is 2.41. The Morgan fingerprint density at radius 2 is 1.96 bits per heavy atom. The molecule has 0 aromatic heterocycles. The molecule has 3 rings (SSSR count). The van der Waals surface area contributed by atoms with Gasteiger partial charge in [0, 0.05) is 45.6 Å². The van der Waals surface area contributed by atoms with Crippen molar-refractivity contribution < 1.29 is 17.9 Å². The standard InChI is InChI=1S/C16H19N3O4S/c1-17-12-4-5-15-13(10-12)14(20)11-16(23-15)6-8-19(9-7-16)24(21,22)18(2)3/h4-5,10H,6-9,11H2,2-3H3. The fourth-order valence-corrected chi connectivity index (χ4v) is 4.29. The molecule has 2 heterocycles. The highest BCUT2D eigenvalue weighted by molar-refractivity contribution is 7.86. The summed E-state index contributed by atoms with van der Waals surface area (Å²) in [6, 6.07) is 4.84. The van der Waals surface area contributed by atoms with E-state index in [4.69, 9.17) is 11.3 Å². The Kier molecular flexibility index (Phi) is 4.11. The number of hydrogen-bond acceptors (Lipinski definition) is 4. The van der Waals surface area contributed by atoms with E-state index in [9.17, 15) is 13.2 Å². The van der Waals surface area contributed by atoms with Gasteiger partial charge in [0.15, 0.2) is 11.5 Å². The van der Waals surface area contributed by atoms with Crippen LogP contribution in [0.4, 0.5) is 5.69 Å². The van der Waals surface area contributed by atoms with Gasteiger partial charge in [0.2, 0.25) is 0 Å². The molecule has 0 amide bonds. The number of benzene rings is 1. The van der Waals surface area contributed by atoms with Crippen molar-refractivity contribution in [2.24, 2.45) is 0 Å². The van der Waals surface area contributed by atoms with Crippen LogP contribution in [0.1, 0.15) is 29.6 Å². The lowest BCUT2D eigenvalue weighted by Crippen LogP contribution is -2.53. The summed E-state index contributed by atoms with van der Waals surface area (Å²) in [5.41, 5.74) is 0.202. The molecule has 24 heavy (non-hydrogen) atoms. The minimum Gasteiger partial charge on any atom is -0.486 e. The summed E-state index contributed by atoms with van der Waals surface area (Å²) >= 11 is 0. The van der Waals surface area contributed by atoms with E-state index < -0.39 is 15.8 Å². The van der Waals surface area contributed by atoms with Gasteiger partial charge in [-0.2, -0.15) is 17.0 Å². The number of ether oxygens (including phenoxy) is 1. The Labute approximate surface area is 141 Å². The molecule has 0 radical (unpaired) electrons. The highest BCUT2D eigenvalue weighted by Gasteiger charge is 2.45. The Hall–Kier alpha value is -1.95. The average Bonchev–Trinajstić information content (AvgIpc) is 2.55. The van der Waals surface area contributed by atoms with Crippen molar-refractivity contribution in [3.05, 3.63) is 35.2 Å². The van der Waals surface area contributed by atoms with Gasteiger partial charge >= 0.3 is 0 Å². The predicted octanol–water partition coefficient (Wildman–Crippen LogP) is 1.84. The van der Waals surface area contributed by atoms with E-state index in [0.29, 0.717) is 42.9 Å². The topological polar surface area (TPSA) is 71.3 Å². The van der Waals surface area contributed by atoms with Crippen molar-refractivity contribution in [1.82, 2.24) is 8.61 Å². The SMILES string of the molecule is [C-]#[N+]c1ccc2c(c1)C(=O)CC1(CCN(S(=O)(=O)N(C)C)CC1)O2. The van der Waals surface area contributed by atoms with Gasteiger partial charge < -0.3 is 4.74 Å². The van der Waals surface area contributed by atoms with Gasteiger partial charge in [0.1, 0.15) is 11.4 Å². The number of hydrogen-bond donors (Lipinski definition) is 0. The van der Waals surface area contributed by atoms with Crippen LogP contribution in [-0.4, -0.2) is 55.6 Å². The van der Waals surface area contributed by atoms with Crippen molar-refractivity contribution in [2.45, 2.75) is 24.9 Å². The van der Waals surface area contributed by atoms with Crippen molar-refractivity contribution in [2.75, 3.05) is 27.2 Å². The number of carbonyl (C=O) groups is 1. The Balaban J connectivity index is 1.81. The van der Waals surface area contributed by atoms with E-state index in [2.05, 4.69) is 4.85 Å². The normalized spacial score (nSPS) is 20.5. The third kappa shape index (κ3) is 2.79. The molecule has 0 bridgehead atoms. The van der Waals surface area contributed by atoms with Crippen molar-refractivity contribution >= 4 is 21.7 Å². The zero-order valence-electron chi connectivity index (χ0n) is 13.7. The van der Waals surface area contributed by atoms with Gasteiger partial charge in [0.05, 0.1) is 13.0 Å². The van der Waals surface area contributed by atoms with Crippen LogP contribution in [0.15, 0.2) is 18.2 Å². The summed E-state index contributed by atoms with van der Waals surface area (Å²) in [7, 11) is -0.434. The predicted molar refractivity (Wildman–Crippen MR) is 88.4 cm³/mol. The highest BCUT2D eigenvalue weighted by atomic mass is 32.2. The first-order chi connectivity index (χ1) is 11.3. The molecule has 8 heteroatoms. The number of nitrogens with zero attached hydrogens (tertiary/aromatic N) is 3. The summed E-state index contributed by atoms with van der Waals surface area (Å²) in [4.78, 5) is 15.8. The molecule has 128 valence electrons. The summed E-state index contributed by atoms with van der Waals surface area (Å²) in [5, 5.41) is 0. The first-order valence-electron chi connectivity index (χ1n) is 7.69. The minimum atomic E-state index is -3.45. The number of fused-ring (bicyclic) bond motifs is 1. The molecule has 1 saturated heterocycles. The van der Waals surface area contributed by atoms with Gasteiger partial charge in [-0.1, -0.05) is 6.07 Å². The van der Waals surface area contributed by atoms with Gasteiger partial charge in [-0.15, -0.1) is 0 Å². The number of rotatable bonds is 2. The van der Waals surface area contributed by atoms with Crippen LogP contribution in [0, 0.1) is 6.57 Å². The van der Waals surface area contributed by atoms with Crippen molar-refractivity contribution in [3.63, 3.8) is 0 Å². The Bertz CT molecular complexity index is 818. The van der Waals surface area contributed by atoms with Crippen molar-refractivity contribution in [1.29, 1.82) is 0 Å². The Morgan fingerprint density at radius 3 is 2.54 bits per heavy atom. The van der Waals surface area contributed by atoms with Crippen LogP contribution >= 0.6 is 0 Å². The summed E-state index contributed by atoms with van der Waals surface area (Å²) in [6.07, 6.45) is 1.16. The second-order valence-electron chi connectivity index (χ2n) is 6.37. The molecule has 0 saturated carbocycles. The fraction of sp³-hybridized carbons (Fsp3) is 0.500. The summed E-state index contributed by atoms with van der Waals surface area (Å²) < 4.78 is 33.1. The fourth-order valence-electron chi connectivity index (χ4n) is 3.19. The molecule has 0 aliphatic carbocycles. The molecule has 0 unspecified atom stereocenters. The lowest BCUT2D eigenvalue weighted by atomic mass is 9.83. The Morgan fingerprint density at radius 1 is 1.29 bits per heavy atom. The monoisotopic (exact) mass is 349 g/mol. The van der Waals surface area contributed by atoms with E-state index >= 15 is 0 Å². The third-order valence-electron chi connectivity index (χ3n) is 4.62. The molecule has 7 nitrogen and oxygen atoms in total. The quantitative estimate of drug-likeness (QED) is 0.764. The van der Waals surface area contributed by atoms with E-state index in [0.717, 1.165) is 0 Å². The second-order valence-corrected chi connectivity index (χ2v) is 8.51. The number of Topliss-reactive ketones (excluding diaryl/α,β-unsaturated/α-hetero) is 1. The molecule has 1 aromatic rings. The van der Waals surface area contributed by atoms with E-state index in [1.807, 2.05) is 0 Å². The number of ketones is 1. The van der Waals surface area contributed by atoms with E-state index in [-0.39, 0.29) is 12.2 Å². The smallest absolute Gasteiger partial charge is 0.281 e. The first kappa shape index (κ1) is 16.9. The third-order valence-corrected chi connectivity index (χ3v) is 6.56. The zero-order chi connectivity index (χ0) is 17.5. The zero-order valence-corrected chi connectivity index (χ0v) is 14.5. The van der Waals surface area contributed by atoms with Crippen molar-refractivity contribution in [3.8, 4) is 5.75 Å². The summed E-state index contributed by atoms with van der Waals surface area (Å²) in [6.45, 7) is 7.68. The lowest BCUT2D eigenvalue weighted by Gasteiger charge is -2.43. The van der Waals surface area contributed by atoms with Crippen LogP contribution in [0.25, 0.3) is 4.85 Å². The number of carbonyl (C=O) groups excluding carboxylic acids is 1. The summed E-state index contributed by atoms with van der Waals surface area (Å²) in [5.74, 6) is 0.438. The van der Waals surface area contributed by atoms with E-state index in [1.54, 1.807) is 18.2 Å². The number of piperidine rings is 1. The van der Waals surface area contributed by atoms with Crippen LogP contribution in [0.2, 0.25) is 0 Å². The van der Waals surface area contributed by atoms with Gasteiger partial charge in [-0.05, 0) is 12.1 Å². The maximum Gasteiger partial charge on any atom is 0.281 e. The minimum absolute atomic E-state index is 0.0503. The first-order valence-corrected chi connectivity index (χ1v) is 9.08. The van der Waals surface area contributed by atoms with Gasteiger partial charge in [-0.3, -0.25) is 4.79 Å². The molecule has 0 N–H and O–H groups in total. The molecule has 2 aliphatic rings. The molecule has 1 aromatic carbocycles. The van der Waals surface area contributed by atoms with Crippen LogP contribution in [0.5, 0.6) is 5.75 Å². The van der Waals surface area contributed by atoms with Crippen LogP contribution < -0.4 is 4.74 Å². The molecule has 1 spiro atoms. The lowest BCUT2D eigenvalue weighted by molar-refractivity contribution is 0.00530. The average molecular weight is 349 g/mol. The maximum absolute atomic E-state index is 12.5. The van der Waals surface area contributed by atoms with Gasteiger partial charge in [0.25, 0.3) is 10.2 Å². The molecule has 0 atom stereocenters.